The Hall–Kier alpha value is -3.52. The molecule has 0 aliphatic carbocycles. The quantitative estimate of drug-likeness (QED) is 0.227. The average molecular weight is 525 g/mol. The zero-order chi connectivity index (χ0) is 27.8. The van der Waals surface area contributed by atoms with Crippen molar-refractivity contribution in [2.75, 3.05) is 47.5 Å². The Labute approximate surface area is 225 Å². The number of rotatable bonds is 13. The van der Waals surface area contributed by atoms with Crippen LogP contribution in [0.15, 0.2) is 48.0 Å². The summed E-state index contributed by atoms with van der Waals surface area (Å²) in [5, 5.41) is 11.4. The van der Waals surface area contributed by atoms with Crippen LogP contribution < -0.4 is 14.2 Å². The summed E-state index contributed by atoms with van der Waals surface area (Å²) in [6, 6.07) is 11.5. The van der Waals surface area contributed by atoms with Crippen LogP contribution >= 0.6 is 0 Å². The molecule has 206 valence electrons. The second-order valence-corrected chi connectivity index (χ2v) is 10.1. The minimum atomic E-state index is -0.784. The van der Waals surface area contributed by atoms with E-state index in [1.165, 1.54) is 4.90 Å². The summed E-state index contributed by atoms with van der Waals surface area (Å²) in [6.07, 6.45) is 1.74. The van der Waals surface area contributed by atoms with Crippen LogP contribution in [-0.4, -0.2) is 74.1 Å². The predicted molar refractivity (Wildman–Crippen MR) is 148 cm³/mol. The minimum Gasteiger partial charge on any atom is -0.507 e. The number of ether oxygens (including phenoxy) is 3. The lowest BCUT2D eigenvalue weighted by Crippen LogP contribution is -2.35. The molecular formula is C30H40N2O6. The summed E-state index contributed by atoms with van der Waals surface area (Å²) in [5.74, 6) is 0.568. The molecule has 8 heteroatoms. The number of amides is 1. The van der Waals surface area contributed by atoms with E-state index >= 15 is 0 Å². The van der Waals surface area contributed by atoms with Gasteiger partial charge in [0.25, 0.3) is 11.7 Å². The van der Waals surface area contributed by atoms with Gasteiger partial charge >= 0.3 is 0 Å². The van der Waals surface area contributed by atoms with Crippen molar-refractivity contribution < 1.29 is 28.9 Å². The van der Waals surface area contributed by atoms with E-state index in [9.17, 15) is 14.7 Å². The molecule has 2 aromatic carbocycles. The minimum absolute atomic E-state index is 0.0388. The van der Waals surface area contributed by atoms with Crippen molar-refractivity contribution in [3.63, 3.8) is 0 Å². The van der Waals surface area contributed by atoms with Crippen molar-refractivity contribution in [3.8, 4) is 17.2 Å². The van der Waals surface area contributed by atoms with E-state index in [1.807, 2.05) is 32.0 Å². The van der Waals surface area contributed by atoms with E-state index in [0.717, 1.165) is 12.8 Å². The normalized spacial score (nSPS) is 16.9. The van der Waals surface area contributed by atoms with E-state index in [0.29, 0.717) is 60.6 Å². The maximum atomic E-state index is 13.3. The summed E-state index contributed by atoms with van der Waals surface area (Å²) in [6.45, 7) is 8.22. The van der Waals surface area contributed by atoms with E-state index in [2.05, 4.69) is 13.8 Å². The van der Waals surface area contributed by atoms with Gasteiger partial charge in [0, 0.05) is 18.7 Å². The van der Waals surface area contributed by atoms with Crippen molar-refractivity contribution in [3.05, 3.63) is 59.2 Å². The topological polar surface area (TPSA) is 88.5 Å². The number of likely N-dealkylation sites (N-methyl/N-ethyl adjacent to an activating group) is 1. The zero-order valence-corrected chi connectivity index (χ0v) is 23.3. The van der Waals surface area contributed by atoms with Crippen LogP contribution in [0.2, 0.25) is 0 Å². The van der Waals surface area contributed by atoms with Gasteiger partial charge in [0.1, 0.15) is 11.5 Å². The summed E-state index contributed by atoms with van der Waals surface area (Å²) in [5.41, 5.74) is 1.10. The third-order valence-electron chi connectivity index (χ3n) is 6.36. The molecule has 0 spiro atoms. The summed E-state index contributed by atoms with van der Waals surface area (Å²) >= 11 is 0. The highest BCUT2D eigenvalue weighted by Gasteiger charge is 2.46. The maximum Gasteiger partial charge on any atom is 0.295 e. The number of hydrogen-bond donors (Lipinski definition) is 1. The van der Waals surface area contributed by atoms with Crippen molar-refractivity contribution in [2.45, 2.75) is 39.7 Å². The van der Waals surface area contributed by atoms with Crippen LogP contribution in [-0.2, 0) is 9.59 Å². The summed E-state index contributed by atoms with van der Waals surface area (Å²) in [7, 11) is 5.36. The maximum absolute atomic E-state index is 13.3. The van der Waals surface area contributed by atoms with Gasteiger partial charge in [0.15, 0.2) is 11.5 Å². The second kappa shape index (κ2) is 13.3. The Morgan fingerprint density at radius 3 is 2.47 bits per heavy atom. The van der Waals surface area contributed by atoms with Crippen LogP contribution in [0.25, 0.3) is 5.76 Å². The second-order valence-electron chi connectivity index (χ2n) is 10.1. The first-order valence-electron chi connectivity index (χ1n) is 13.1. The smallest absolute Gasteiger partial charge is 0.295 e. The Balaban J connectivity index is 2.08. The highest BCUT2D eigenvalue weighted by molar-refractivity contribution is 6.46. The molecular weight excluding hydrogens is 484 g/mol. The zero-order valence-electron chi connectivity index (χ0n) is 23.3. The van der Waals surface area contributed by atoms with Gasteiger partial charge in [-0.2, -0.15) is 0 Å². The standard InChI is InChI=1S/C30H40N2O6/c1-7-16-37-23-10-8-9-22(18-23)28(33)26-27(32(15-14-31(4)5)30(35)29(26)34)21-11-12-24(25(19-21)36-6)38-17-13-20(2)3/h8-12,18-20,27,33H,7,13-17H2,1-6H3/b28-26+. The third kappa shape index (κ3) is 6.86. The lowest BCUT2D eigenvalue weighted by atomic mass is 9.95. The molecule has 1 heterocycles. The number of benzene rings is 2. The first-order chi connectivity index (χ1) is 18.2. The fraction of sp³-hybridized carbons (Fsp3) is 0.467. The van der Waals surface area contributed by atoms with Crippen LogP contribution in [0.4, 0.5) is 0 Å². The first kappa shape index (κ1) is 29.0. The fourth-order valence-corrected chi connectivity index (χ4v) is 4.25. The molecule has 38 heavy (non-hydrogen) atoms. The van der Waals surface area contributed by atoms with E-state index < -0.39 is 17.7 Å². The number of methoxy groups -OCH3 is 1. The average Bonchev–Trinajstić information content (AvgIpc) is 3.15. The van der Waals surface area contributed by atoms with Crippen LogP contribution in [0.3, 0.4) is 0 Å². The molecule has 2 aromatic rings. The molecule has 8 nitrogen and oxygen atoms in total. The van der Waals surface area contributed by atoms with E-state index in [-0.39, 0.29) is 11.3 Å². The van der Waals surface area contributed by atoms with Gasteiger partial charge in [-0.3, -0.25) is 9.59 Å². The fourth-order valence-electron chi connectivity index (χ4n) is 4.25. The number of aliphatic hydroxyl groups is 1. The lowest BCUT2D eigenvalue weighted by Gasteiger charge is -2.27. The highest BCUT2D eigenvalue weighted by Crippen LogP contribution is 2.42. The Morgan fingerprint density at radius 2 is 1.82 bits per heavy atom. The van der Waals surface area contributed by atoms with Crippen molar-refractivity contribution in [2.24, 2.45) is 5.92 Å². The van der Waals surface area contributed by atoms with Crippen molar-refractivity contribution in [1.29, 1.82) is 0 Å². The van der Waals surface area contributed by atoms with Crippen LogP contribution in [0.1, 0.15) is 50.8 Å². The molecule has 0 saturated carbocycles. The number of aliphatic hydroxyl groups excluding tert-OH is 1. The van der Waals surface area contributed by atoms with Crippen LogP contribution in [0.5, 0.6) is 17.2 Å². The molecule has 3 rings (SSSR count). The number of Topliss-reactive ketones (excluding diaryl/α,β-unsaturated/α-hetero) is 1. The van der Waals surface area contributed by atoms with Crippen LogP contribution in [0, 0.1) is 5.92 Å². The van der Waals surface area contributed by atoms with Gasteiger partial charge in [0.05, 0.1) is 31.9 Å². The molecule has 1 amide bonds. The Bertz CT molecular complexity index is 1160. The van der Waals surface area contributed by atoms with Crippen molar-refractivity contribution >= 4 is 17.4 Å². The number of nitrogens with zero attached hydrogens (tertiary/aromatic N) is 2. The van der Waals surface area contributed by atoms with Gasteiger partial charge in [0.2, 0.25) is 0 Å². The summed E-state index contributed by atoms with van der Waals surface area (Å²) < 4.78 is 17.3. The van der Waals surface area contributed by atoms with Crippen molar-refractivity contribution in [1.82, 2.24) is 9.80 Å². The predicted octanol–water partition coefficient (Wildman–Crippen LogP) is 4.89. The number of hydrogen-bond acceptors (Lipinski definition) is 7. The highest BCUT2D eigenvalue weighted by atomic mass is 16.5. The molecule has 1 aliphatic heterocycles. The molecule has 1 unspecified atom stereocenters. The van der Waals surface area contributed by atoms with Gasteiger partial charge in [-0.15, -0.1) is 0 Å². The van der Waals surface area contributed by atoms with Gasteiger partial charge in [-0.05, 0) is 62.7 Å². The molecule has 0 bridgehead atoms. The monoisotopic (exact) mass is 524 g/mol. The number of ketones is 1. The molecule has 1 atom stereocenters. The third-order valence-corrected chi connectivity index (χ3v) is 6.36. The molecule has 0 radical (unpaired) electrons. The van der Waals surface area contributed by atoms with Gasteiger partial charge in [-0.1, -0.05) is 39.0 Å². The van der Waals surface area contributed by atoms with Gasteiger partial charge < -0.3 is 29.1 Å². The largest absolute Gasteiger partial charge is 0.507 e. The van der Waals surface area contributed by atoms with E-state index in [4.69, 9.17) is 14.2 Å². The number of carbonyl (C=O) groups excluding carboxylic acids is 2. The lowest BCUT2D eigenvalue weighted by molar-refractivity contribution is -0.140. The summed E-state index contributed by atoms with van der Waals surface area (Å²) in [4.78, 5) is 30.0. The molecule has 1 fully saturated rings. The Kier molecular flexibility index (Phi) is 10.2. The molecule has 1 N–H and O–H groups in total. The number of likely N-dealkylation sites (tertiary alicyclic amines) is 1. The van der Waals surface area contributed by atoms with E-state index in [1.54, 1.807) is 43.5 Å². The first-order valence-corrected chi connectivity index (χ1v) is 13.1. The van der Waals surface area contributed by atoms with Gasteiger partial charge in [-0.25, -0.2) is 0 Å². The number of carbonyl (C=O) groups is 2. The molecule has 0 aromatic heterocycles. The molecule has 1 aliphatic rings. The SMILES string of the molecule is CCCOc1cccc(/C(O)=C2\C(=O)C(=O)N(CCN(C)C)C2c2ccc(OCCC(C)C)c(OC)c2)c1. The Morgan fingerprint density at radius 1 is 1.05 bits per heavy atom. The molecule has 1 saturated heterocycles.